The van der Waals surface area contributed by atoms with E-state index < -0.39 is 74.2 Å². The van der Waals surface area contributed by atoms with E-state index in [1.165, 1.54) is 30.0 Å². The van der Waals surface area contributed by atoms with Crippen molar-refractivity contribution in [3.05, 3.63) is 69.2 Å². The lowest BCUT2D eigenvalue weighted by Gasteiger charge is -2.30. The Morgan fingerprint density at radius 2 is 1.64 bits per heavy atom. The summed E-state index contributed by atoms with van der Waals surface area (Å²) in [5.74, 6) is 0.272. The van der Waals surface area contributed by atoms with Crippen LogP contribution in [0.3, 0.4) is 0 Å². The number of nitrogens with zero attached hydrogens (tertiary/aromatic N) is 1. The highest BCUT2D eigenvalue weighted by molar-refractivity contribution is 8.12. The van der Waals surface area contributed by atoms with Crippen molar-refractivity contribution in [2.75, 3.05) is 11.5 Å². The van der Waals surface area contributed by atoms with E-state index in [0.717, 1.165) is 0 Å². The van der Waals surface area contributed by atoms with Crippen molar-refractivity contribution in [1.82, 2.24) is 5.32 Å². The zero-order valence-corrected chi connectivity index (χ0v) is 24.0. The molecule has 3 atom stereocenters. The number of hydrogen-bond acceptors (Lipinski definition) is 5. The summed E-state index contributed by atoms with van der Waals surface area (Å²) >= 11 is 7.45. The minimum Gasteiger partial charge on any atom is -0.374 e. The van der Waals surface area contributed by atoms with E-state index in [1.54, 1.807) is 13.8 Å². The molecule has 2 aromatic carbocycles. The average molecular weight is 669 g/mol. The first kappa shape index (κ1) is 34.0. The first-order valence-electron chi connectivity index (χ1n) is 12.0. The van der Waals surface area contributed by atoms with Crippen molar-refractivity contribution in [2.45, 2.75) is 55.5 Å². The number of carbonyl (C=O) groups excluding carboxylic acids is 1. The van der Waals surface area contributed by atoms with Gasteiger partial charge in [0.05, 0.1) is 16.8 Å². The molecule has 1 heterocycles. The lowest BCUT2D eigenvalue weighted by atomic mass is 9.84. The molecule has 3 rings (SSSR count). The molecule has 0 radical (unpaired) electrons. The highest BCUT2D eigenvalue weighted by atomic mass is 35.5. The number of amides is 1. The van der Waals surface area contributed by atoms with Gasteiger partial charge in [-0.1, -0.05) is 42.7 Å². The summed E-state index contributed by atoms with van der Waals surface area (Å²) in [5.41, 5.74) is -9.11. The minimum absolute atomic E-state index is 0.0326. The number of benzene rings is 2. The van der Waals surface area contributed by atoms with Gasteiger partial charge in [0.2, 0.25) is 5.91 Å². The van der Waals surface area contributed by atoms with Gasteiger partial charge in [0.1, 0.15) is 0 Å². The van der Waals surface area contributed by atoms with Crippen LogP contribution in [0.2, 0.25) is 5.02 Å². The lowest BCUT2D eigenvalue weighted by Crippen LogP contribution is -2.43. The summed E-state index contributed by atoms with van der Waals surface area (Å²) in [5, 5.41) is 5.93. The highest BCUT2D eigenvalue weighted by Gasteiger charge is 2.63. The number of oxime groups is 1. The number of alkyl halides is 9. The fraction of sp³-hybridized carbons (Fsp3) is 0.440. The molecule has 3 unspecified atom stereocenters. The third-order valence-electron chi connectivity index (χ3n) is 6.13. The van der Waals surface area contributed by atoms with E-state index in [9.17, 15) is 48.5 Å². The van der Waals surface area contributed by atoms with Gasteiger partial charge in [-0.2, -0.15) is 39.5 Å². The second kappa shape index (κ2) is 12.6. The van der Waals surface area contributed by atoms with Crippen molar-refractivity contribution in [2.24, 2.45) is 5.16 Å². The van der Waals surface area contributed by atoms with Crippen molar-refractivity contribution in [1.29, 1.82) is 0 Å². The number of carbonyl (C=O) groups is 1. The molecule has 0 aromatic heterocycles. The molecule has 1 N–H and O–H groups in total. The molecule has 0 aliphatic carbocycles. The SMILES string of the molecule is CCSC(C(=O)NCc1ccc(C2=NOC(c3cc(C(F)(F)F)cc(C(F)(F)F)c3)(C(F)(F)F)C2)cc1Cl)S(=O)CC. The normalized spacial score (nSPS) is 19.2. The van der Waals surface area contributed by atoms with Gasteiger partial charge in [0.15, 0.2) is 4.58 Å². The maximum absolute atomic E-state index is 14.3. The fourth-order valence-electron chi connectivity index (χ4n) is 3.96. The summed E-state index contributed by atoms with van der Waals surface area (Å²) in [6, 6.07) is 3.40. The van der Waals surface area contributed by atoms with Gasteiger partial charge >= 0.3 is 18.5 Å². The maximum Gasteiger partial charge on any atom is 0.435 e. The zero-order valence-electron chi connectivity index (χ0n) is 21.6. The summed E-state index contributed by atoms with van der Waals surface area (Å²) < 4.78 is 134. The number of thioether (sulfide) groups is 1. The van der Waals surface area contributed by atoms with Gasteiger partial charge in [-0.3, -0.25) is 9.00 Å². The predicted octanol–water partition coefficient (Wildman–Crippen LogP) is 7.42. The van der Waals surface area contributed by atoms with E-state index >= 15 is 0 Å². The van der Waals surface area contributed by atoms with Crippen LogP contribution in [-0.4, -0.2) is 38.1 Å². The van der Waals surface area contributed by atoms with Gasteiger partial charge in [-0.15, -0.1) is 11.8 Å². The van der Waals surface area contributed by atoms with E-state index in [0.29, 0.717) is 11.3 Å². The molecular formula is C25H22ClF9N2O3S2. The minimum atomic E-state index is -5.48. The molecule has 232 valence electrons. The highest BCUT2D eigenvalue weighted by Crippen LogP contribution is 2.51. The van der Waals surface area contributed by atoms with Crippen LogP contribution in [0.4, 0.5) is 39.5 Å². The van der Waals surface area contributed by atoms with Crippen molar-refractivity contribution < 1.29 is 53.4 Å². The van der Waals surface area contributed by atoms with E-state index in [2.05, 4.69) is 15.3 Å². The molecule has 42 heavy (non-hydrogen) atoms. The van der Waals surface area contributed by atoms with Gasteiger partial charge in [0.25, 0.3) is 5.60 Å². The van der Waals surface area contributed by atoms with E-state index in [1.807, 2.05) is 0 Å². The second-order valence-electron chi connectivity index (χ2n) is 8.91. The van der Waals surface area contributed by atoms with Crippen molar-refractivity contribution in [3.8, 4) is 0 Å². The van der Waals surface area contributed by atoms with Gasteiger partial charge in [-0.05, 0) is 35.6 Å². The van der Waals surface area contributed by atoms with Crippen LogP contribution in [0.15, 0.2) is 41.6 Å². The third kappa shape index (κ3) is 7.36. The van der Waals surface area contributed by atoms with Crippen LogP contribution in [0, 0.1) is 0 Å². The average Bonchev–Trinajstić information content (AvgIpc) is 3.36. The third-order valence-corrected chi connectivity index (χ3v) is 9.65. The largest absolute Gasteiger partial charge is 0.435 e. The first-order valence-corrected chi connectivity index (χ1v) is 14.8. The fourth-order valence-corrected chi connectivity index (χ4v) is 6.79. The molecule has 1 aliphatic heterocycles. The van der Waals surface area contributed by atoms with Crippen LogP contribution in [0.5, 0.6) is 0 Å². The van der Waals surface area contributed by atoms with E-state index in [4.69, 9.17) is 11.6 Å². The molecule has 5 nitrogen and oxygen atoms in total. The molecule has 0 saturated heterocycles. The summed E-state index contributed by atoms with van der Waals surface area (Å²) in [7, 11) is -1.44. The molecule has 1 aliphatic rings. The Morgan fingerprint density at radius 3 is 2.12 bits per heavy atom. The molecule has 1 amide bonds. The Labute approximate surface area is 245 Å². The van der Waals surface area contributed by atoms with Crippen LogP contribution < -0.4 is 5.32 Å². The molecular weight excluding hydrogens is 647 g/mol. The predicted molar refractivity (Wildman–Crippen MR) is 140 cm³/mol. The summed E-state index contributed by atoms with van der Waals surface area (Å²) in [6.45, 7) is 3.32. The van der Waals surface area contributed by atoms with Crippen LogP contribution in [0.1, 0.15) is 48.1 Å². The molecule has 2 aromatic rings. The maximum atomic E-state index is 14.3. The van der Waals surface area contributed by atoms with Crippen molar-refractivity contribution >= 4 is 45.8 Å². The number of rotatable bonds is 9. The van der Waals surface area contributed by atoms with Gasteiger partial charge in [0, 0.05) is 45.7 Å². The number of nitrogens with one attached hydrogen (secondary N) is 1. The summed E-state index contributed by atoms with van der Waals surface area (Å²) in [6.07, 6.45) is -17.5. The monoisotopic (exact) mass is 668 g/mol. The standard InChI is InChI=1S/C25H22ClF9N2O3S2/c1-3-41-21(42(39)4-2)20(38)36-12-14-6-5-13(7-18(14)26)19-11-22(40-37-19,25(33,34)35)15-8-16(23(27,28)29)10-17(9-15)24(30,31)32/h5-10,21H,3-4,11-12H2,1-2H3,(H,36,38). The Kier molecular flexibility index (Phi) is 10.2. The Balaban J connectivity index is 1.91. The molecule has 17 heteroatoms. The molecule has 0 bridgehead atoms. The molecule has 0 fully saturated rings. The second-order valence-corrected chi connectivity index (χ2v) is 12.8. The van der Waals surface area contributed by atoms with Crippen molar-refractivity contribution in [3.63, 3.8) is 0 Å². The molecule has 0 spiro atoms. The van der Waals surface area contributed by atoms with E-state index in [-0.39, 0.29) is 41.1 Å². The molecule has 0 saturated carbocycles. The summed E-state index contributed by atoms with van der Waals surface area (Å²) in [4.78, 5) is 17.1. The van der Waals surface area contributed by atoms with Crippen LogP contribution >= 0.6 is 23.4 Å². The Morgan fingerprint density at radius 1 is 1.05 bits per heavy atom. The smallest absolute Gasteiger partial charge is 0.374 e. The topological polar surface area (TPSA) is 67.8 Å². The number of hydrogen-bond donors (Lipinski definition) is 1. The van der Waals surface area contributed by atoms with Gasteiger partial charge in [-0.25, -0.2) is 0 Å². The number of halogens is 10. The zero-order chi connectivity index (χ0) is 31.7. The Bertz CT molecular complexity index is 1350. The van der Waals surface area contributed by atoms with Crippen LogP contribution in [0.25, 0.3) is 0 Å². The van der Waals surface area contributed by atoms with Crippen LogP contribution in [-0.2, 0) is 44.9 Å². The quantitative estimate of drug-likeness (QED) is 0.283. The van der Waals surface area contributed by atoms with Gasteiger partial charge < -0.3 is 10.2 Å². The Hall–Kier alpha value is -2.46. The first-order chi connectivity index (χ1) is 19.3. The lowest BCUT2D eigenvalue weighted by molar-refractivity contribution is -0.276.